The Morgan fingerprint density at radius 2 is 2.04 bits per heavy atom. The van der Waals surface area contributed by atoms with Crippen LogP contribution in [0.4, 0.5) is 0 Å². The molecule has 5 nitrogen and oxygen atoms in total. The van der Waals surface area contributed by atoms with Crippen molar-refractivity contribution in [3.05, 3.63) is 29.8 Å². The molecule has 1 aliphatic heterocycles. The molecular formula is C19H31IN4OS. The lowest BCUT2D eigenvalue weighted by Crippen LogP contribution is -2.45. The molecule has 2 N–H and O–H groups in total. The third-order valence-electron chi connectivity index (χ3n) is 4.26. The minimum Gasteiger partial charge on any atom is -0.357 e. The van der Waals surface area contributed by atoms with Crippen molar-refractivity contribution < 1.29 is 4.79 Å². The van der Waals surface area contributed by atoms with E-state index in [4.69, 9.17) is 4.99 Å². The zero-order chi connectivity index (χ0) is 18.2. The van der Waals surface area contributed by atoms with Crippen molar-refractivity contribution >= 4 is 47.6 Å². The maximum atomic E-state index is 12.1. The van der Waals surface area contributed by atoms with Gasteiger partial charge >= 0.3 is 0 Å². The van der Waals surface area contributed by atoms with Crippen molar-refractivity contribution in [3.63, 3.8) is 0 Å². The van der Waals surface area contributed by atoms with Gasteiger partial charge in [0.1, 0.15) is 0 Å². The summed E-state index contributed by atoms with van der Waals surface area (Å²) in [7, 11) is 0. The van der Waals surface area contributed by atoms with Gasteiger partial charge < -0.3 is 15.5 Å². The fourth-order valence-corrected chi connectivity index (χ4v) is 3.27. The second kappa shape index (κ2) is 11.7. The maximum Gasteiger partial charge on any atom is 0.225 e. The van der Waals surface area contributed by atoms with E-state index in [1.54, 1.807) is 11.8 Å². The Bertz CT molecular complexity index is 592. The fraction of sp³-hybridized carbons (Fsp3) is 0.579. The minimum atomic E-state index is 0. The van der Waals surface area contributed by atoms with Gasteiger partial charge in [0.25, 0.3) is 0 Å². The maximum absolute atomic E-state index is 12.1. The standard InChI is InChI=1S/C19H30N4OS.HI/c1-5-20-19(21-12-15-6-8-17(25-4)9-7-15)22-16-10-11-23(13-16)18(24)14(2)3;/h6-9,14,16H,5,10-13H2,1-4H3,(H2,20,21,22);1H. The fourth-order valence-electron chi connectivity index (χ4n) is 2.86. The van der Waals surface area contributed by atoms with E-state index in [-0.39, 0.29) is 41.8 Å². The third kappa shape index (κ3) is 6.98. The predicted molar refractivity (Wildman–Crippen MR) is 121 cm³/mol. The number of thioether (sulfide) groups is 1. The molecule has 1 aliphatic rings. The Balaban J connectivity index is 0.00000338. The summed E-state index contributed by atoms with van der Waals surface area (Å²) in [5, 5.41) is 6.77. The van der Waals surface area contributed by atoms with E-state index in [1.165, 1.54) is 10.5 Å². The molecule has 0 aliphatic carbocycles. The van der Waals surface area contributed by atoms with Gasteiger partial charge in [-0.05, 0) is 37.3 Å². The number of aliphatic imine (C=N–C) groups is 1. The number of carbonyl (C=O) groups excluding carboxylic acids is 1. The Labute approximate surface area is 178 Å². The van der Waals surface area contributed by atoms with Crippen LogP contribution in [0.15, 0.2) is 34.2 Å². The van der Waals surface area contributed by atoms with Crippen molar-refractivity contribution in [1.82, 2.24) is 15.5 Å². The number of benzene rings is 1. The average molecular weight is 490 g/mol. The van der Waals surface area contributed by atoms with Crippen LogP contribution in [-0.2, 0) is 11.3 Å². The number of hydrogen-bond acceptors (Lipinski definition) is 3. The van der Waals surface area contributed by atoms with E-state index in [2.05, 4.69) is 48.1 Å². The zero-order valence-corrected chi connectivity index (χ0v) is 19.3. The van der Waals surface area contributed by atoms with Gasteiger partial charge in [-0.1, -0.05) is 26.0 Å². The molecule has 2 rings (SSSR count). The van der Waals surface area contributed by atoms with Gasteiger partial charge in [0.15, 0.2) is 5.96 Å². The van der Waals surface area contributed by atoms with E-state index in [9.17, 15) is 4.79 Å². The smallest absolute Gasteiger partial charge is 0.225 e. The second-order valence-electron chi connectivity index (χ2n) is 6.61. The summed E-state index contributed by atoms with van der Waals surface area (Å²) in [4.78, 5) is 20.0. The predicted octanol–water partition coefficient (Wildman–Crippen LogP) is 3.34. The van der Waals surface area contributed by atoms with Gasteiger partial charge in [-0.15, -0.1) is 35.7 Å². The Morgan fingerprint density at radius 1 is 1.35 bits per heavy atom. The number of nitrogens with one attached hydrogen (secondary N) is 2. The van der Waals surface area contributed by atoms with Gasteiger partial charge in [0.05, 0.1) is 6.54 Å². The van der Waals surface area contributed by atoms with Crippen LogP contribution in [0.2, 0.25) is 0 Å². The van der Waals surface area contributed by atoms with Gasteiger partial charge in [-0.3, -0.25) is 4.79 Å². The molecule has 1 atom stereocenters. The molecule has 1 heterocycles. The highest BCUT2D eigenvalue weighted by molar-refractivity contribution is 14.0. The second-order valence-corrected chi connectivity index (χ2v) is 7.49. The highest BCUT2D eigenvalue weighted by Gasteiger charge is 2.27. The number of halogens is 1. The Morgan fingerprint density at radius 3 is 2.62 bits per heavy atom. The summed E-state index contributed by atoms with van der Waals surface area (Å²) < 4.78 is 0. The molecule has 1 aromatic rings. The molecule has 1 aromatic carbocycles. The van der Waals surface area contributed by atoms with Crippen LogP contribution in [0.1, 0.15) is 32.8 Å². The quantitative estimate of drug-likeness (QED) is 0.278. The summed E-state index contributed by atoms with van der Waals surface area (Å²) in [5.41, 5.74) is 1.19. The number of guanidine groups is 1. The number of rotatable bonds is 6. The molecule has 0 bridgehead atoms. The van der Waals surface area contributed by atoms with Crippen molar-refractivity contribution in [3.8, 4) is 0 Å². The van der Waals surface area contributed by atoms with Crippen molar-refractivity contribution in [2.45, 2.75) is 44.7 Å². The highest BCUT2D eigenvalue weighted by atomic mass is 127. The monoisotopic (exact) mass is 490 g/mol. The molecule has 0 saturated carbocycles. The molecule has 0 radical (unpaired) electrons. The molecule has 0 spiro atoms. The van der Waals surface area contributed by atoms with E-state index in [1.807, 2.05) is 18.7 Å². The normalized spacial score (nSPS) is 17.2. The van der Waals surface area contributed by atoms with E-state index in [0.29, 0.717) is 6.54 Å². The first-order chi connectivity index (χ1) is 12.0. The van der Waals surface area contributed by atoms with Gasteiger partial charge in [-0.25, -0.2) is 4.99 Å². The van der Waals surface area contributed by atoms with E-state index in [0.717, 1.165) is 32.0 Å². The first-order valence-corrected chi connectivity index (χ1v) is 10.2. The molecular weight excluding hydrogens is 459 g/mol. The zero-order valence-electron chi connectivity index (χ0n) is 16.1. The largest absolute Gasteiger partial charge is 0.357 e. The summed E-state index contributed by atoms with van der Waals surface area (Å²) in [6.45, 7) is 9.01. The third-order valence-corrected chi connectivity index (χ3v) is 5.00. The Hall–Kier alpha value is -0.960. The lowest BCUT2D eigenvalue weighted by Gasteiger charge is -2.20. The van der Waals surface area contributed by atoms with Crippen molar-refractivity contribution in [2.24, 2.45) is 10.9 Å². The first kappa shape index (κ1) is 23.1. The van der Waals surface area contributed by atoms with Crippen molar-refractivity contribution in [2.75, 3.05) is 25.9 Å². The lowest BCUT2D eigenvalue weighted by atomic mass is 10.2. The SMILES string of the molecule is CCNC(=NCc1ccc(SC)cc1)NC1CCN(C(=O)C(C)C)C1.I. The number of nitrogens with zero attached hydrogens (tertiary/aromatic N) is 2. The van der Waals surface area contributed by atoms with Crippen LogP contribution in [0.3, 0.4) is 0 Å². The molecule has 1 fully saturated rings. The van der Waals surface area contributed by atoms with Crippen LogP contribution < -0.4 is 10.6 Å². The molecule has 146 valence electrons. The van der Waals surface area contributed by atoms with E-state index >= 15 is 0 Å². The van der Waals surface area contributed by atoms with Gasteiger partial charge in [0, 0.05) is 36.5 Å². The molecule has 1 unspecified atom stereocenters. The average Bonchev–Trinajstić information content (AvgIpc) is 3.08. The number of carbonyl (C=O) groups is 1. The molecule has 7 heteroatoms. The summed E-state index contributed by atoms with van der Waals surface area (Å²) in [5.74, 6) is 1.12. The van der Waals surface area contributed by atoms with Crippen LogP contribution in [-0.4, -0.2) is 48.7 Å². The highest BCUT2D eigenvalue weighted by Crippen LogP contribution is 2.15. The minimum absolute atomic E-state index is 0. The summed E-state index contributed by atoms with van der Waals surface area (Å²) >= 11 is 1.74. The lowest BCUT2D eigenvalue weighted by molar-refractivity contribution is -0.133. The number of amides is 1. The van der Waals surface area contributed by atoms with Crippen LogP contribution in [0.5, 0.6) is 0 Å². The molecule has 26 heavy (non-hydrogen) atoms. The topological polar surface area (TPSA) is 56.7 Å². The first-order valence-electron chi connectivity index (χ1n) is 9.00. The molecule has 1 saturated heterocycles. The van der Waals surface area contributed by atoms with Gasteiger partial charge in [0.2, 0.25) is 5.91 Å². The molecule has 0 aromatic heterocycles. The number of likely N-dealkylation sites (tertiary alicyclic amines) is 1. The molecule has 1 amide bonds. The number of hydrogen-bond donors (Lipinski definition) is 2. The van der Waals surface area contributed by atoms with Gasteiger partial charge in [-0.2, -0.15) is 0 Å². The summed E-state index contributed by atoms with van der Waals surface area (Å²) in [6.07, 6.45) is 3.04. The van der Waals surface area contributed by atoms with Crippen LogP contribution in [0.25, 0.3) is 0 Å². The Kier molecular flexibility index (Phi) is 10.4. The van der Waals surface area contributed by atoms with E-state index < -0.39 is 0 Å². The van der Waals surface area contributed by atoms with Crippen LogP contribution >= 0.6 is 35.7 Å². The van der Waals surface area contributed by atoms with Crippen LogP contribution in [0, 0.1) is 5.92 Å². The summed E-state index contributed by atoms with van der Waals surface area (Å²) in [6, 6.07) is 8.76. The van der Waals surface area contributed by atoms with Crippen molar-refractivity contribution in [1.29, 1.82) is 0 Å².